The molecular weight excluding hydrogens is 851 g/mol. The zero-order chi connectivity index (χ0) is 51.1. The highest BCUT2D eigenvalue weighted by Gasteiger charge is 2.34. The maximum atomic E-state index is 10.3. The fourth-order valence-electron chi connectivity index (χ4n) is 9.82. The summed E-state index contributed by atoms with van der Waals surface area (Å²) < 4.78 is 0. The summed E-state index contributed by atoms with van der Waals surface area (Å²) in [6.45, 7) is 34.4. The first-order valence-electron chi connectivity index (χ1n) is 26.9. The van der Waals surface area contributed by atoms with Crippen molar-refractivity contribution < 1.29 is 24.9 Å². The Balaban J connectivity index is 0.000000488. The van der Waals surface area contributed by atoms with Crippen LogP contribution in [-0.4, -0.2) is 124 Å². The van der Waals surface area contributed by atoms with Gasteiger partial charge in [0.05, 0.1) is 24.5 Å². The Morgan fingerprint density at radius 1 is 0.529 bits per heavy atom. The van der Waals surface area contributed by atoms with Gasteiger partial charge in [0.15, 0.2) is 0 Å². The first-order valence-corrected chi connectivity index (χ1v) is 26.9. The average molecular weight is 954 g/mol. The molecule has 2 aromatic carbocycles. The van der Waals surface area contributed by atoms with Crippen molar-refractivity contribution in [2.45, 2.75) is 183 Å². The molecule has 0 aliphatic carbocycles. The van der Waals surface area contributed by atoms with Crippen LogP contribution < -0.4 is 17.2 Å². The van der Waals surface area contributed by atoms with Gasteiger partial charge in [-0.05, 0) is 99.6 Å². The summed E-state index contributed by atoms with van der Waals surface area (Å²) in [5.74, 6) is 1.44. The number of aromatic carboxylic acids is 2. The fourth-order valence-corrected chi connectivity index (χ4v) is 9.82. The normalized spacial score (nSPS) is 20.9. The van der Waals surface area contributed by atoms with E-state index in [4.69, 9.17) is 32.5 Å². The number of nitrogen functional groups attached to an aromatic ring is 1. The molecule has 4 rings (SSSR count). The highest BCUT2D eigenvalue weighted by molar-refractivity contribution is 5.93. The number of para-hydroxylation sites is 1. The molecule has 9 N–H and O–H groups in total. The van der Waals surface area contributed by atoms with Gasteiger partial charge in [-0.2, -0.15) is 0 Å². The molecule has 12 nitrogen and oxygen atoms in total. The lowest BCUT2D eigenvalue weighted by Crippen LogP contribution is -2.63. The van der Waals surface area contributed by atoms with Gasteiger partial charge in [-0.3, -0.25) is 19.6 Å². The molecule has 4 atom stereocenters. The topological polar surface area (TPSA) is 186 Å². The predicted octanol–water partition coefficient (Wildman–Crippen LogP) is 11.5. The van der Waals surface area contributed by atoms with Gasteiger partial charge in [0.2, 0.25) is 0 Å². The average Bonchev–Trinajstić information content (AvgIpc) is 3.29. The SMILES string of the molecule is CCCCC(CC)CN1CN(CC(CC)CCCC)CC(C)(N)C1.CCCCC(CC)CN1CN(CC(CC)CCCC)CC(C)(N)C1.Nc1ccccc1C(=O)O.O=C(O)c1ccc(O)cc1. The summed E-state index contributed by atoms with van der Waals surface area (Å²) in [5, 5.41) is 25.6. The number of nitrogens with two attached hydrogens (primary N) is 3. The van der Waals surface area contributed by atoms with Crippen molar-refractivity contribution in [3.63, 3.8) is 0 Å². The van der Waals surface area contributed by atoms with Gasteiger partial charge >= 0.3 is 11.9 Å². The molecule has 68 heavy (non-hydrogen) atoms. The number of nitrogens with zero attached hydrogens (tertiary/aromatic N) is 4. The molecule has 0 amide bonds. The summed E-state index contributed by atoms with van der Waals surface area (Å²) in [6, 6.07) is 11.7. The van der Waals surface area contributed by atoms with E-state index >= 15 is 0 Å². The van der Waals surface area contributed by atoms with Gasteiger partial charge < -0.3 is 32.5 Å². The van der Waals surface area contributed by atoms with E-state index in [0.29, 0.717) is 5.69 Å². The summed E-state index contributed by atoms with van der Waals surface area (Å²) >= 11 is 0. The molecule has 392 valence electrons. The van der Waals surface area contributed by atoms with Crippen LogP contribution in [0.4, 0.5) is 5.69 Å². The number of unbranched alkanes of at least 4 members (excludes halogenated alkanes) is 4. The van der Waals surface area contributed by atoms with Crippen LogP contribution in [0.3, 0.4) is 0 Å². The van der Waals surface area contributed by atoms with E-state index in [0.717, 1.165) is 63.2 Å². The first kappa shape index (κ1) is 62.8. The first-order chi connectivity index (χ1) is 32.3. The van der Waals surface area contributed by atoms with E-state index < -0.39 is 11.9 Å². The third-order valence-electron chi connectivity index (χ3n) is 13.7. The van der Waals surface area contributed by atoms with Gasteiger partial charge in [0, 0.05) is 69.1 Å². The van der Waals surface area contributed by atoms with Crippen molar-refractivity contribution in [2.24, 2.45) is 35.1 Å². The van der Waals surface area contributed by atoms with E-state index in [-0.39, 0.29) is 28.0 Å². The number of hydrogen-bond acceptors (Lipinski definition) is 10. The number of hydrogen-bond donors (Lipinski definition) is 6. The standard InChI is InChI=1S/2C21H45N3.C7H7NO2.C7H6O3/c2*1-6-10-12-19(8-3)14-23-16-21(5,22)17-24(18-23)15-20(9-4)13-11-7-2;8-6-4-2-1-3-5(6)7(9)10;8-6-3-1-5(2-4-6)7(9)10/h2*19-20H,6-18,22H2,1-5H3;1-4H,8H2,(H,9,10);1-4,8H,(H,9,10). The molecule has 0 radical (unpaired) electrons. The Morgan fingerprint density at radius 3 is 1.07 bits per heavy atom. The van der Waals surface area contributed by atoms with E-state index in [2.05, 4.69) is 88.8 Å². The second-order valence-electron chi connectivity index (χ2n) is 21.0. The van der Waals surface area contributed by atoms with Crippen LogP contribution in [0.25, 0.3) is 0 Å². The minimum atomic E-state index is -0.988. The van der Waals surface area contributed by atoms with Gasteiger partial charge in [0.1, 0.15) is 5.75 Å². The third kappa shape index (κ3) is 27.2. The number of carboxylic acids is 2. The monoisotopic (exact) mass is 954 g/mol. The maximum absolute atomic E-state index is 10.3. The van der Waals surface area contributed by atoms with Gasteiger partial charge in [-0.1, -0.05) is 145 Å². The van der Waals surface area contributed by atoms with Gasteiger partial charge in [-0.25, -0.2) is 9.59 Å². The van der Waals surface area contributed by atoms with E-state index in [1.165, 1.54) is 159 Å². The Kier molecular flexibility index (Phi) is 32.2. The Morgan fingerprint density at radius 2 is 0.838 bits per heavy atom. The van der Waals surface area contributed by atoms with Crippen LogP contribution in [0, 0.1) is 23.7 Å². The smallest absolute Gasteiger partial charge is 0.337 e. The summed E-state index contributed by atoms with van der Waals surface area (Å²) in [5.41, 5.74) is 19.1. The number of carbonyl (C=O) groups is 2. The molecule has 2 aliphatic heterocycles. The van der Waals surface area contributed by atoms with Crippen LogP contribution in [0.1, 0.15) is 193 Å². The van der Waals surface area contributed by atoms with E-state index in [1.54, 1.807) is 18.2 Å². The molecule has 0 bridgehead atoms. The summed E-state index contributed by atoms with van der Waals surface area (Å²) in [6.07, 6.45) is 21.4. The lowest BCUT2D eigenvalue weighted by atomic mass is 9.94. The van der Waals surface area contributed by atoms with Crippen LogP contribution in [0.5, 0.6) is 5.75 Å². The Bertz CT molecular complexity index is 1490. The Labute approximate surface area is 415 Å². The quantitative estimate of drug-likeness (QED) is 0.0491. The van der Waals surface area contributed by atoms with Gasteiger partial charge in [0.25, 0.3) is 0 Å². The van der Waals surface area contributed by atoms with Crippen LogP contribution in [0.15, 0.2) is 48.5 Å². The molecule has 12 heteroatoms. The highest BCUT2D eigenvalue weighted by Crippen LogP contribution is 2.24. The molecule has 2 aromatic rings. The molecule has 0 saturated carbocycles. The number of phenols is 1. The second kappa shape index (κ2) is 34.9. The number of anilines is 1. The van der Waals surface area contributed by atoms with Crippen molar-refractivity contribution in [3.8, 4) is 5.75 Å². The largest absolute Gasteiger partial charge is 0.508 e. The van der Waals surface area contributed by atoms with Gasteiger partial charge in [-0.15, -0.1) is 0 Å². The van der Waals surface area contributed by atoms with Crippen LogP contribution in [0.2, 0.25) is 0 Å². The van der Waals surface area contributed by atoms with Crippen molar-refractivity contribution in [1.82, 2.24) is 19.6 Å². The van der Waals surface area contributed by atoms with E-state index in [1.807, 2.05) is 0 Å². The highest BCUT2D eigenvalue weighted by atomic mass is 16.4. The summed E-state index contributed by atoms with van der Waals surface area (Å²) in [7, 11) is 0. The maximum Gasteiger partial charge on any atom is 0.337 e. The number of carboxylic acid groups (broad SMARTS) is 2. The summed E-state index contributed by atoms with van der Waals surface area (Å²) in [4.78, 5) is 31.1. The third-order valence-corrected chi connectivity index (χ3v) is 13.7. The number of aromatic hydroxyl groups is 1. The molecule has 2 heterocycles. The molecule has 0 spiro atoms. The van der Waals surface area contributed by atoms with Crippen molar-refractivity contribution in [2.75, 3.05) is 71.4 Å². The second-order valence-corrected chi connectivity index (χ2v) is 21.0. The minimum Gasteiger partial charge on any atom is -0.508 e. The van der Waals surface area contributed by atoms with Crippen molar-refractivity contribution in [1.29, 1.82) is 0 Å². The van der Waals surface area contributed by atoms with Crippen molar-refractivity contribution in [3.05, 3.63) is 59.7 Å². The van der Waals surface area contributed by atoms with Crippen LogP contribution in [-0.2, 0) is 0 Å². The lowest BCUT2D eigenvalue weighted by molar-refractivity contribution is 0.0181. The van der Waals surface area contributed by atoms with Crippen LogP contribution >= 0.6 is 0 Å². The minimum absolute atomic E-state index is 0.0651. The van der Waals surface area contributed by atoms with Crippen molar-refractivity contribution >= 4 is 17.6 Å². The molecule has 0 aromatic heterocycles. The molecule has 2 saturated heterocycles. The number of phenolic OH excluding ortho intramolecular Hbond substituents is 1. The molecule has 2 fully saturated rings. The molecule has 2 aliphatic rings. The number of rotatable bonds is 26. The zero-order valence-electron chi connectivity index (χ0n) is 45.0. The number of benzene rings is 2. The lowest BCUT2D eigenvalue weighted by Gasteiger charge is -2.46. The Hall–Kier alpha value is -3.26. The predicted molar refractivity (Wildman–Crippen MR) is 287 cm³/mol. The molecule has 4 unspecified atom stereocenters. The fraction of sp³-hybridized carbons (Fsp3) is 0.750. The zero-order valence-corrected chi connectivity index (χ0v) is 45.0. The van der Waals surface area contributed by atoms with E-state index in [9.17, 15) is 9.59 Å². The molecular formula is C56H103N7O5.